The van der Waals surface area contributed by atoms with Gasteiger partial charge >= 0.3 is 5.97 Å². The molecule has 2 aromatic heterocycles. The molecule has 3 aromatic carbocycles. The SMILES string of the molecule is CCOC(=O)c1c(CCCOc2cccc3ccccc23)c2ccc(F)c3c2n1CCCCOC(CCN1CCOCC1)c1nn(C)c(C)c1-3. The third-order valence-electron chi connectivity index (χ3n) is 10.1. The first-order valence-corrected chi connectivity index (χ1v) is 18.0. The second-order valence-corrected chi connectivity index (χ2v) is 13.2. The molecule has 2 aliphatic heterocycles. The highest BCUT2D eigenvalue weighted by atomic mass is 19.1. The molecule has 1 fully saturated rings. The predicted molar refractivity (Wildman–Crippen MR) is 192 cm³/mol. The predicted octanol–water partition coefficient (Wildman–Crippen LogP) is 7.40. The highest BCUT2D eigenvalue weighted by Crippen LogP contribution is 2.43. The molecular formula is C40H47FN4O5. The van der Waals surface area contributed by atoms with Gasteiger partial charge in [0, 0.05) is 67.4 Å². The molecule has 1 unspecified atom stereocenters. The summed E-state index contributed by atoms with van der Waals surface area (Å²) in [5.41, 5.74) is 4.86. The van der Waals surface area contributed by atoms with E-state index in [1.54, 1.807) is 0 Å². The van der Waals surface area contributed by atoms with Crippen LogP contribution in [0.25, 0.3) is 32.8 Å². The lowest BCUT2D eigenvalue weighted by molar-refractivity contribution is 0.00973. The fraction of sp³-hybridized carbons (Fsp3) is 0.450. The van der Waals surface area contributed by atoms with Crippen LogP contribution in [0, 0.1) is 12.7 Å². The van der Waals surface area contributed by atoms with Crippen molar-refractivity contribution in [1.29, 1.82) is 0 Å². The lowest BCUT2D eigenvalue weighted by Gasteiger charge is -2.28. The maximum absolute atomic E-state index is 16.5. The van der Waals surface area contributed by atoms with Gasteiger partial charge in [0.05, 0.1) is 37.6 Å². The van der Waals surface area contributed by atoms with Crippen molar-refractivity contribution in [3.05, 3.63) is 83.1 Å². The monoisotopic (exact) mass is 682 g/mol. The summed E-state index contributed by atoms with van der Waals surface area (Å²) < 4.78 is 44.5. The van der Waals surface area contributed by atoms with Crippen molar-refractivity contribution in [2.24, 2.45) is 7.05 Å². The number of rotatable bonds is 10. The van der Waals surface area contributed by atoms with Crippen LogP contribution < -0.4 is 4.74 Å². The number of fused-ring (bicyclic) bond motifs is 3. The summed E-state index contributed by atoms with van der Waals surface area (Å²) in [5.74, 6) is 0.0960. The van der Waals surface area contributed by atoms with E-state index in [0.717, 1.165) is 96.5 Å². The number of esters is 1. The number of ether oxygens (including phenoxy) is 4. The number of carbonyl (C=O) groups excluding carboxylic acids is 1. The van der Waals surface area contributed by atoms with Gasteiger partial charge in [0.25, 0.3) is 0 Å². The van der Waals surface area contributed by atoms with Crippen molar-refractivity contribution in [3.8, 4) is 16.9 Å². The lowest BCUT2D eigenvalue weighted by Crippen LogP contribution is -2.37. The summed E-state index contributed by atoms with van der Waals surface area (Å²) in [6.07, 6.45) is 3.21. The summed E-state index contributed by atoms with van der Waals surface area (Å²) in [6.45, 7) is 9.63. The topological polar surface area (TPSA) is 80.0 Å². The molecule has 1 saturated heterocycles. The minimum Gasteiger partial charge on any atom is -0.493 e. The van der Waals surface area contributed by atoms with Crippen LogP contribution in [-0.4, -0.2) is 77.9 Å². The Balaban J connectivity index is 1.30. The Labute approximate surface area is 292 Å². The lowest BCUT2D eigenvalue weighted by atomic mass is 9.95. The van der Waals surface area contributed by atoms with E-state index in [1.807, 2.05) is 60.5 Å². The van der Waals surface area contributed by atoms with E-state index < -0.39 is 5.97 Å². The van der Waals surface area contributed by atoms with Crippen LogP contribution in [0.5, 0.6) is 5.75 Å². The van der Waals surface area contributed by atoms with E-state index in [2.05, 4.69) is 23.1 Å². The summed E-state index contributed by atoms with van der Waals surface area (Å²) in [5, 5.41) is 8.02. The Morgan fingerprint density at radius 2 is 1.80 bits per heavy atom. The van der Waals surface area contributed by atoms with Crippen LogP contribution in [0.3, 0.4) is 0 Å². The van der Waals surface area contributed by atoms with Gasteiger partial charge in [-0.25, -0.2) is 9.18 Å². The maximum Gasteiger partial charge on any atom is 0.355 e. The smallest absolute Gasteiger partial charge is 0.355 e. The number of benzene rings is 3. The van der Waals surface area contributed by atoms with Crippen LogP contribution in [0.15, 0.2) is 54.6 Å². The molecule has 7 rings (SSSR count). The molecule has 264 valence electrons. The van der Waals surface area contributed by atoms with E-state index >= 15 is 4.39 Å². The van der Waals surface area contributed by atoms with E-state index in [-0.39, 0.29) is 18.5 Å². The van der Waals surface area contributed by atoms with Gasteiger partial charge in [-0.05, 0) is 75.1 Å². The van der Waals surface area contributed by atoms with Crippen molar-refractivity contribution in [1.82, 2.24) is 19.2 Å². The molecule has 4 heterocycles. The van der Waals surface area contributed by atoms with Gasteiger partial charge in [-0.3, -0.25) is 9.58 Å². The number of nitrogens with zero attached hydrogens (tertiary/aromatic N) is 4. The molecule has 0 aliphatic carbocycles. The van der Waals surface area contributed by atoms with Gasteiger partial charge < -0.3 is 23.5 Å². The van der Waals surface area contributed by atoms with E-state index in [4.69, 9.17) is 24.0 Å². The van der Waals surface area contributed by atoms with Crippen molar-refractivity contribution >= 4 is 27.6 Å². The average Bonchev–Trinajstić information content (AvgIpc) is 3.59. The number of aromatic nitrogens is 3. The minimum absolute atomic E-state index is 0.246. The quantitative estimate of drug-likeness (QED) is 0.112. The molecule has 0 N–H and O–H groups in total. The fourth-order valence-electron chi connectivity index (χ4n) is 7.58. The van der Waals surface area contributed by atoms with Crippen molar-refractivity contribution in [2.75, 3.05) is 52.7 Å². The maximum atomic E-state index is 16.5. The molecule has 1 atom stereocenters. The number of morpholine rings is 1. The third kappa shape index (κ3) is 6.76. The molecule has 0 amide bonds. The number of hydrogen-bond donors (Lipinski definition) is 0. The molecule has 0 radical (unpaired) electrons. The minimum atomic E-state index is -0.391. The zero-order chi connectivity index (χ0) is 34.6. The zero-order valence-corrected chi connectivity index (χ0v) is 29.4. The standard InChI is InChI=1S/C40H47FN4O5/c1-4-48-40(46)39-30(14-10-24-49-33-15-9-12-28-11-5-6-13-29(28)33)31-16-17-32(41)36-35-27(2)43(3)42-37(35)34(18-20-44-21-25-47-26-22-44)50-23-8-7-19-45(39)38(31)36/h5-6,9,11-13,15-17,34H,4,7-8,10,14,18-26H2,1-3H3. The molecular weight excluding hydrogens is 635 g/mol. The Kier molecular flexibility index (Phi) is 10.5. The second-order valence-electron chi connectivity index (χ2n) is 13.2. The molecule has 2 aliphatic rings. The van der Waals surface area contributed by atoms with Crippen LogP contribution in [0.2, 0.25) is 0 Å². The summed E-state index contributed by atoms with van der Waals surface area (Å²) >= 11 is 0. The number of halogens is 1. The van der Waals surface area contributed by atoms with Gasteiger partial charge in [-0.15, -0.1) is 0 Å². The molecule has 5 aromatic rings. The number of carbonyl (C=O) groups is 1. The van der Waals surface area contributed by atoms with Gasteiger partial charge in [0.2, 0.25) is 0 Å². The zero-order valence-electron chi connectivity index (χ0n) is 29.4. The Morgan fingerprint density at radius 3 is 2.64 bits per heavy atom. The largest absolute Gasteiger partial charge is 0.493 e. The van der Waals surface area contributed by atoms with Gasteiger partial charge in [0.15, 0.2) is 0 Å². The Hall–Kier alpha value is -4.25. The Bertz CT molecular complexity index is 1970. The van der Waals surface area contributed by atoms with Crippen molar-refractivity contribution in [2.45, 2.75) is 58.6 Å². The number of aryl methyl sites for hydroxylation is 3. The van der Waals surface area contributed by atoms with Crippen LogP contribution in [-0.2, 0) is 34.2 Å². The van der Waals surface area contributed by atoms with Crippen LogP contribution in [0.1, 0.15) is 66.2 Å². The first-order valence-electron chi connectivity index (χ1n) is 18.0. The molecule has 0 spiro atoms. The highest BCUT2D eigenvalue weighted by molar-refractivity contribution is 6.05. The van der Waals surface area contributed by atoms with Crippen molar-refractivity contribution in [3.63, 3.8) is 0 Å². The molecule has 0 bridgehead atoms. The molecule has 10 heteroatoms. The first kappa shape index (κ1) is 34.2. The normalized spacial score (nSPS) is 17.1. The molecule has 9 nitrogen and oxygen atoms in total. The highest BCUT2D eigenvalue weighted by Gasteiger charge is 2.32. The van der Waals surface area contributed by atoms with Crippen LogP contribution >= 0.6 is 0 Å². The Morgan fingerprint density at radius 1 is 0.980 bits per heavy atom. The van der Waals surface area contributed by atoms with Crippen LogP contribution in [0.4, 0.5) is 4.39 Å². The van der Waals surface area contributed by atoms with E-state index in [9.17, 15) is 4.79 Å². The van der Waals surface area contributed by atoms with Crippen molar-refractivity contribution < 1.29 is 28.1 Å². The van der Waals surface area contributed by atoms with Gasteiger partial charge in [0.1, 0.15) is 23.4 Å². The summed E-state index contributed by atoms with van der Waals surface area (Å²) in [6, 6.07) is 17.6. The third-order valence-corrected chi connectivity index (χ3v) is 10.1. The van der Waals surface area contributed by atoms with E-state index in [0.29, 0.717) is 49.4 Å². The molecule has 50 heavy (non-hydrogen) atoms. The summed E-state index contributed by atoms with van der Waals surface area (Å²) in [4.78, 5) is 16.2. The number of hydrogen-bond acceptors (Lipinski definition) is 7. The van der Waals surface area contributed by atoms with E-state index in [1.165, 1.54) is 6.07 Å². The second kappa shape index (κ2) is 15.3. The van der Waals surface area contributed by atoms with Gasteiger partial charge in [-0.2, -0.15) is 5.10 Å². The first-order chi connectivity index (χ1) is 24.5. The molecule has 0 saturated carbocycles. The summed E-state index contributed by atoms with van der Waals surface area (Å²) in [7, 11) is 1.90. The average molecular weight is 683 g/mol. The fourth-order valence-corrected chi connectivity index (χ4v) is 7.58. The van der Waals surface area contributed by atoms with Gasteiger partial charge in [-0.1, -0.05) is 36.4 Å².